The molecular weight excluding hydrogens is 238 g/mol. The number of halogens is 1. The standard InChI is InChI=1S/C8H6ClN3S2/c1-5-4-6(12-7(9)11-5)14-8-10-2-3-13-8/h2-4H,1H3. The van der Waals surface area contributed by atoms with Crippen LogP contribution in [-0.2, 0) is 0 Å². The van der Waals surface area contributed by atoms with Crippen molar-refractivity contribution in [1.29, 1.82) is 0 Å². The van der Waals surface area contributed by atoms with Crippen LogP contribution in [0.25, 0.3) is 0 Å². The first-order valence-corrected chi connectivity index (χ1v) is 5.90. The van der Waals surface area contributed by atoms with Gasteiger partial charge in [0.15, 0.2) is 4.34 Å². The normalized spacial score (nSPS) is 10.4. The van der Waals surface area contributed by atoms with Crippen molar-refractivity contribution in [3.8, 4) is 0 Å². The van der Waals surface area contributed by atoms with E-state index >= 15 is 0 Å². The number of nitrogens with zero attached hydrogens (tertiary/aromatic N) is 3. The van der Waals surface area contributed by atoms with Gasteiger partial charge < -0.3 is 0 Å². The Morgan fingerprint density at radius 3 is 2.93 bits per heavy atom. The van der Waals surface area contributed by atoms with Crippen molar-refractivity contribution in [2.24, 2.45) is 0 Å². The van der Waals surface area contributed by atoms with Gasteiger partial charge >= 0.3 is 0 Å². The number of rotatable bonds is 2. The van der Waals surface area contributed by atoms with Gasteiger partial charge in [0, 0.05) is 17.3 Å². The predicted octanol–water partition coefficient (Wildman–Crippen LogP) is 3.05. The minimum absolute atomic E-state index is 0.282. The summed E-state index contributed by atoms with van der Waals surface area (Å²) in [5.74, 6) is 0. The quantitative estimate of drug-likeness (QED) is 0.600. The topological polar surface area (TPSA) is 38.7 Å². The summed E-state index contributed by atoms with van der Waals surface area (Å²) in [6.07, 6.45) is 1.77. The zero-order valence-electron chi connectivity index (χ0n) is 7.27. The Kier molecular flexibility index (Phi) is 3.00. The van der Waals surface area contributed by atoms with E-state index in [4.69, 9.17) is 11.6 Å². The van der Waals surface area contributed by atoms with Crippen molar-refractivity contribution in [1.82, 2.24) is 15.0 Å². The number of hydrogen-bond donors (Lipinski definition) is 0. The van der Waals surface area contributed by atoms with E-state index in [1.807, 2.05) is 18.4 Å². The Labute approximate surface area is 94.6 Å². The second-order valence-corrected chi connectivity index (χ2v) is 5.02. The van der Waals surface area contributed by atoms with Gasteiger partial charge in [-0.15, -0.1) is 11.3 Å². The maximum atomic E-state index is 5.74. The molecule has 14 heavy (non-hydrogen) atoms. The minimum atomic E-state index is 0.282. The lowest BCUT2D eigenvalue weighted by Crippen LogP contribution is -1.88. The van der Waals surface area contributed by atoms with E-state index in [1.54, 1.807) is 17.5 Å². The molecule has 2 heterocycles. The molecule has 0 amide bonds. The summed E-state index contributed by atoms with van der Waals surface area (Å²) in [4.78, 5) is 12.2. The summed E-state index contributed by atoms with van der Waals surface area (Å²) in [5.41, 5.74) is 0.865. The molecule has 0 saturated carbocycles. The predicted molar refractivity (Wildman–Crippen MR) is 58.0 cm³/mol. The van der Waals surface area contributed by atoms with Crippen LogP contribution in [0.5, 0.6) is 0 Å². The van der Waals surface area contributed by atoms with Crippen molar-refractivity contribution < 1.29 is 0 Å². The van der Waals surface area contributed by atoms with Crippen molar-refractivity contribution in [2.45, 2.75) is 16.3 Å². The first-order valence-electron chi connectivity index (χ1n) is 3.82. The third-order valence-electron chi connectivity index (χ3n) is 1.40. The molecule has 6 heteroatoms. The van der Waals surface area contributed by atoms with Crippen LogP contribution in [-0.4, -0.2) is 15.0 Å². The van der Waals surface area contributed by atoms with Gasteiger partial charge in [-0.3, -0.25) is 0 Å². The molecule has 2 rings (SSSR count). The fraction of sp³-hybridized carbons (Fsp3) is 0.125. The van der Waals surface area contributed by atoms with Crippen molar-refractivity contribution in [2.75, 3.05) is 0 Å². The molecule has 0 unspecified atom stereocenters. The largest absolute Gasteiger partial charge is 0.238 e. The maximum Gasteiger partial charge on any atom is 0.223 e. The van der Waals surface area contributed by atoms with Gasteiger partial charge in [0.1, 0.15) is 5.03 Å². The molecule has 0 bridgehead atoms. The van der Waals surface area contributed by atoms with E-state index < -0.39 is 0 Å². The van der Waals surface area contributed by atoms with Crippen LogP contribution < -0.4 is 0 Å². The van der Waals surface area contributed by atoms with E-state index in [0.29, 0.717) is 0 Å². The van der Waals surface area contributed by atoms with Gasteiger partial charge in [0.25, 0.3) is 0 Å². The Bertz CT molecular complexity index is 410. The molecule has 0 aliphatic rings. The molecule has 0 radical (unpaired) electrons. The van der Waals surface area contributed by atoms with E-state index in [-0.39, 0.29) is 5.28 Å². The second-order valence-electron chi connectivity index (χ2n) is 2.52. The summed E-state index contributed by atoms with van der Waals surface area (Å²) in [6.45, 7) is 1.89. The third-order valence-corrected chi connectivity index (χ3v) is 3.38. The summed E-state index contributed by atoms with van der Waals surface area (Å²) in [5, 5.41) is 3.04. The number of hydrogen-bond acceptors (Lipinski definition) is 5. The third kappa shape index (κ3) is 2.43. The van der Waals surface area contributed by atoms with Gasteiger partial charge in [-0.05, 0) is 36.4 Å². The van der Waals surface area contributed by atoms with Crippen LogP contribution >= 0.6 is 34.7 Å². The Morgan fingerprint density at radius 2 is 2.29 bits per heavy atom. The molecule has 0 fully saturated rings. The second kappa shape index (κ2) is 4.25. The highest BCUT2D eigenvalue weighted by molar-refractivity contribution is 8.00. The average molecular weight is 244 g/mol. The molecule has 0 aromatic carbocycles. The average Bonchev–Trinajstić information content (AvgIpc) is 2.54. The first-order chi connectivity index (χ1) is 6.74. The van der Waals surface area contributed by atoms with E-state index in [9.17, 15) is 0 Å². The van der Waals surface area contributed by atoms with Crippen LogP contribution in [0.1, 0.15) is 5.69 Å². The molecule has 0 spiro atoms. The van der Waals surface area contributed by atoms with Crippen molar-refractivity contribution in [3.05, 3.63) is 28.6 Å². The Hall–Kier alpha value is -0.650. The zero-order chi connectivity index (χ0) is 9.97. The smallest absolute Gasteiger partial charge is 0.223 e. The van der Waals surface area contributed by atoms with Crippen LogP contribution in [0.3, 0.4) is 0 Å². The molecule has 0 saturated heterocycles. The van der Waals surface area contributed by atoms with Gasteiger partial charge in [-0.1, -0.05) is 0 Å². The number of aromatic nitrogens is 3. The van der Waals surface area contributed by atoms with Crippen molar-refractivity contribution in [3.63, 3.8) is 0 Å². The zero-order valence-corrected chi connectivity index (χ0v) is 9.66. The lowest BCUT2D eigenvalue weighted by molar-refractivity contribution is 1.01. The highest BCUT2D eigenvalue weighted by Gasteiger charge is 2.03. The monoisotopic (exact) mass is 243 g/mol. The number of aryl methyl sites for hydroxylation is 1. The van der Waals surface area contributed by atoms with E-state index in [0.717, 1.165) is 15.1 Å². The van der Waals surface area contributed by atoms with Crippen LogP contribution in [0.2, 0.25) is 5.28 Å². The van der Waals surface area contributed by atoms with Crippen LogP contribution in [0.4, 0.5) is 0 Å². The van der Waals surface area contributed by atoms with E-state index in [2.05, 4.69) is 15.0 Å². The fourth-order valence-electron chi connectivity index (χ4n) is 0.907. The first kappa shape index (κ1) is 9.89. The molecule has 3 nitrogen and oxygen atoms in total. The van der Waals surface area contributed by atoms with Crippen molar-refractivity contribution >= 4 is 34.7 Å². The van der Waals surface area contributed by atoms with Gasteiger partial charge in [0.2, 0.25) is 5.28 Å². The molecule has 0 aliphatic heterocycles. The molecule has 0 atom stereocenters. The molecule has 72 valence electrons. The summed E-state index contributed by atoms with van der Waals surface area (Å²) < 4.78 is 0.958. The fourth-order valence-corrected chi connectivity index (χ4v) is 2.81. The van der Waals surface area contributed by atoms with Gasteiger partial charge in [-0.2, -0.15) is 0 Å². The lowest BCUT2D eigenvalue weighted by atomic mass is 10.5. The summed E-state index contributed by atoms with van der Waals surface area (Å²) in [6, 6.07) is 1.89. The molecule has 2 aromatic heterocycles. The SMILES string of the molecule is Cc1cc(Sc2nccs2)nc(Cl)n1. The molecule has 0 N–H and O–H groups in total. The summed E-state index contributed by atoms with van der Waals surface area (Å²) >= 11 is 8.81. The highest BCUT2D eigenvalue weighted by atomic mass is 35.5. The number of thiazole rings is 1. The van der Waals surface area contributed by atoms with Crippen LogP contribution in [0, 0.1) is 6.92 Å². The minimum Gasteiger partial charge on any atom is -0.238 e. The van der Waals surface area contributed by atoms with Gasteiger partial charge in [0.05, 0.1) is 0 Å². The van der Waals surface area contributed by atoms with E-state index in [1.165, 1.54) is 11.8 Å². The molecule has 0 aliphatic carbocycles. The Morgan fingerprint density at radius 1 is 1.43 bits per heavy atom. The maximum absolute atomic E-state index is 5.74. The Balaban J connectivity index is 2.25. The van der Waals surface area contributed by atoms with Gasteiger partial charge in [-0.25, -0.2) is 15.0 Å². The highest BCUT2D eigenvalue weighted by Crippen LogP contribution is 2.28. The lowest BCUT2D eigenvalue weighted by Gasteiger charge is -1.98. The molecular formula is C8H6ClN3S2. The molecule has 2 aromatic rings. The van der Waals surface area contributed by atoms with Crippen LogP contribution in [0.15, 0.2) is 27.0 Å². The summed E-state index contributed by atoms with van der Waals surface area (Å²) in [7, 11) is 0.